The van der Waals surface area contributed by atoms with Crippen LogP contribution in [-0.2, 0) is 0 Å². The van der Waals surface area contributed by atoms with E-state index in [1.54, 1.807) is 12.1 Å². The number of hydrogen-bond acceptors (Lipinski definition) is 4. The van der Waals surface area contributed by atoms with E-state index >= 15 is 0 Å². The number of halogens is 2. The highest BCUT2D eigenvalue weighted by atomic mass is 19.1. The Kier molecular flexibility index (Phi) is 12.6. The van der Waals surface area contributed by atoms with Crippen molar-refractivity contribution in [3.8, 4) is 22.9 Å². The Hall–Kier alpha value is -2.24. The van der Waals surface area contributed by atoms with E-state index in [1.807, 2.05) is 12.1 Å². The van der Waals surface area contributed by atoms with Gasteiger partial charge in [0.05, 0.1) is 12.4 Å². The van der Waals surface area contributed by atoms with Gasteiger partial charge in [-0.3, -0.25) is 0 Å². The summed E-state index contributed by atoms with van der Waals surface area (Å²) in [7, 11) is 0. The van der Waals surface area contributed by atoms with Crippen molar-refractivity contribution in [1.82, 2.24) is 9.97 Å². The van der Waals surface area contributed by atoms with Crippen molar-refractivity contribution in [2.75, 3.05) is 6.61 Å². The summed E-state index contributed by atoms with van der Waals surface area (Å²) in [5.41, 5.74) is 0.799. The Bertz CT molecular complexity index is 726. The molecule has 0 saturated carbocycles. The van der Waals surface area contributed by atoms with Gasteiger partial charge in [0.25, 0.3) is 0 Å². The van der Waals surface area contributed by atoms with Crippen LogP contribution in [0.15, 0.2) is 36.7 Å². The molecule has 2 atom stereocenters. The van der Waals surface area contributed by atoms with Gasteiger partial charge in [-0.05, 0) is 37.1 Å². The molecule has 32 heavy (non-hydrogen) atoms. The molecule has 0 aliphatic rings. The number of alkyl halides is 2. The maximum atomic E-state index is 14.0. The molecule has 0 radical (unpaired) electrons. The van der Waals surface area contributed by atoms with E-state index in [1.165, 1.54) is 25.2 Å². The van der Waals surface area contributed by atoms with Crippen molar-refractivity contribution in [3.63, 3.8) is 0 Å². The molecular weight excluding hydrogens is 410 g/mol. The molecule has 0 fully saturated rings. The molecule has 2 aromatic rings. The summed E-state index contributed by atoms with van der Waals surface area (Å²) in [5.74, 6) is 1.45. The average Bonchev–Trinajstić information content (AvgIpc) is 2.81. The van der Waals surface area contributed by atoms with E-state index in [2.05, 4.69) is 23.8 Å². The van der Waals surface area contributed by atoms with E-state index in [0.29, 0.717) is 30.2 Å². The molecule has 1 aromatic carbocycles. The molecule has 2 rings (SSSR count). The SMILES string of the molecule is CCCCCCCC(F)Oc1cnc(-c2ccc(OC[C@@H](F)CCCCCC)cc2)nc1. The van der Waals surface area contributed by atoms with Crippen LogP contribution in [0.25, 0.3) is 11.4 Å². The predicted molar refractivity (Wildman–Crippen MR) is 126 cm³/mol. The first-order valence-electron chi connectivity index (χ1n) is 12.1. The minimum Gasteiger partial charge on any atom is -0.491 e. The lowest BCUT2D eigenvalue weighted by atomic mass is 10.1. The molecule has 6 heteroatoms. The smallest absolute Gasteiger partial charge is 0.238 e. The summed E-state index contributed by atoms with van der Waals surface area (Å²) in [4.78, 5) is 8.54. The quantitative estimate of drug-likeness (QED) is 0.231. The van der Waals surface area contributed by atoms with E-state index in [4.69, 9.17) is 9.47 Å². The molecule has 0 N–H and O–H groups in total. The molecule has 0 aliphatic heterocycles. The van der Waals surface area contributed by atoms with Crippen LogP contribution in [0.2, 0.25) is 0 Å². The molecule has 1 heterocycles. The average molecular weight is 449 g/mol. The number of nitrogens with zero attached hydrogens (tertiary/aromatic N) is 2. The van der Waals surface area contributed by atoms with E-state index in [-0.39, 0.29) is 6.61 Å². The fourth-order valence-electron chi connectivity index (χ4n) is 3.40. The van der Waals surface area contributed by atoms with Crippen molar-refractivity contribution < 1.29 is 18.3 Å². The molecule has 0 aliphatic carbocycles. The van der Waals surface area contributed by atoms with Crippen molar-refractivity contribution in [2.24, 2.45) is 0 Å². The van der Waals surface area contributed by atoms with Crippen LogP contribution in [0.1, 0.15) is 84.5 Å². The predicted octanol–water partition coefficient (Wildman–Crippen LogP) is 7.87. The highest BCUT2D eigenvalue weighted by Gasteiger charge is 2.10. The fraction of sp³-hybridized carbons (Fsp3) is 0.615. The molecule has 0 saturated heterocycles. The van der Waals surface area contributed by atoms with Gasteiger partial charge in [0, 0.05) is 12.0 Å². The lowest BCUT2D eigenvalue weighted by molar-refractivity contribution is 0.0562. The monoisotopic (exact) mass is 448 g/mol. The minimum absolute atomic E-state index is 0.0665. The molecule has 0 bridgehead atoms. The Morgan fingerprint density at radius 2 is 1.34 bits per heavy atom. The lowest BCUT2D eigenvalue weighted by Gasteiger charge is -2.12. The zero-order chi connectivity index (χ0) is 23.0. The van der Waals surface area contributed by atoms with Gasteiger partial charge in [-0.1, -0.05) is 65.2 Å². The van der Waals surface area contributed by atoms with Gasteiger partial charge in [-0.15, -0.1) is 0 Å². The Balaban J connectivity index is 1.74. The summed E-state index contributed by atoms with van der Waals surface area (Å²) >= 11 is 0. The number of unbranched alkanes of at least 4 members (excludes halogenated alkanes) is 7. The van der Waals surface area contributed by atoms with Gasteiger partial charge < -0.3 is 9.47 Å². The minimum atomic E-state index is -1.34. The molecule has 0 spiro atoms. The maximum Gasteiger partial charge on any atom is 0.238 e. The molecule has 178 valence electrons. The zero-order valence-electron chi connectivity index (χ0n) is 19.6. The Labute approximate surface area is 191 Å². The van der Waals surface area contributed by atoms with Gasteiger partial charge in [-0.2, -0.15) is 0 Å². The summed E-state index contributed by atoms with van der Waals surface area (Å²) in [6.45, 7) is 4.37. The van der Waals surface area contributed by atoms with Gasteiger partial charge in [0.1, 0.15) is 18.5 Å². The van der Waals surface area contributed by atoms with E-state index in [0.717, 1.165) is 50.5 Å². The van der Waals surface area contributed by atoms with Crippen molar-refractivity contribution in [3.05, 3.63) is 36.7 Å². The van der Waals surface area contributed by atoms with Gasteiger partial charge in [0.2, 0.25) is 6.36 Å². The number of hydrogen-bond donors (Lipinski definition) is 0. The van der Waals surface area contributed by atoms with Crippen molar-refractivity contribution in [2.45, 2.75) is 97.0 Å². The largest absolute Gasteiger partial charge is 0.491 e. The molecule has 1 unspecified atom stereocenters. The lowest BCUT2D eigenvalue weighted by Crippen LogP contribution is -2.12. The van der Waals surface area contributed by atoms with Gasteiger partial charge in [-0.25, -0.2) is 18.7 Å². The second kappa shape index (κ2) is 15.5. The Morgan fingerprint density at radius 3 is 2.00 bits per heavy atom. The highest BCUT2D eigenvalue weighted by molar-refractivity contribution is 5.56. The summed E-state index contributed by atoms with van der Waals surface area (Å²) < 4.78 is 38.7. The van der Waals surface area contributed by atoms with Crippen molar-refractivity contribution in [1.29, 1.82) is 0 Å². The Morgan fingerprint density at radius 1 is 0.750 bits per heavy atom. The molecular formula is C26H38F2N2O2. The zero-order valence-corrected chi connectivity index (χ0v) is 19.6. The van der Waals surface area contributed by atoms with Crippen LogP contribution in [0, 0.1) is 0 Å². The van der Waals surface area contributed by atoms with E-state index < -0.39 is 12.5 Å². The first-order valence-corrected chi connectivity index (χ1v) is 12.1. The van der Waals surface area contributed by atoms with Gasteiger partial charge in [0.15, 0.2) is 11.6 Å². The summed E-state index contributed by atoms with van der Waals surface area (Å²) in [6.07, 6.45) is 11.2. The molecule has 0 amide bonds. The molecule has 1 aromatic heterocycles. The standard InChI is InChI=1S/C26H38F2N2O2/c1-3-5-7-9-11-13-25(28)32-24-18-29-26(30-19-24)21-14-16-23(17-15-21)31-20-22(27)12-10-8-6-4-2/h14-19,22,25H,3-13,20H2,1-2H3/t22-,25?/m0/s1. The number of ether oxygens (including phenoxy) is 2. The highest BCUT2D eigenvalue weighted by Crippen LogP contribution is 2.22. The van der Waals surface area contributed by atoms with E-state index in [9.17, 15) is 8.78 Å². The van der Waals surface area contributed by atoms with Crippen LogP contribution in [0.4, 0.5) is 8.78 Å². The third-order valence-corrected chi connectivity index (χ3v) is 5.34. The maximum absolute atomic E-state index is 14.0. The molecule has 4 nitrogen and oxygen atoms in total. The summed E-state index contributed by atoms with van der Waals surface area (Å²) in [5, 5.41) is 0. The summed E-state index contributed by atoms with van der Waals surface area (Å²) in [6, 6.07) is 7.22. The number of benzene rings is 1. The van der Waals surface area contributed by atoms with Gasteiger partial charge >= 0.3 is 0 Å². The third kappa shape index (κ3) is 10.4. The second-order valence-corrected chi connectivity index (χ2v) is 8.26. The number of aromatic nitrogens is 2. The van der Waals surface area contributed by atoms with Crippen LogP contribution < -0.4 is 9.47 Å². The second-order valence-electron chi connectivity index (χ2n) is 8.26. The van der Waals surface area contributed by atoms with Crippen LogP contribution in [0.3, 0.4) is 0 Å². The van der Waals surface area contributed by atoms with Crippen LogP contribution in [-0.4, -0.2) is 29.1 Å². The first-order chi connectivity index (χ1) is 15.6. The fourth-order valence-corrected chi connectivity index (χ4v) is 3.40. The topological polar surface area (TPSA) is 44.2 Å². The van der Waals surface area contributed by atoms with Crippen LogP contribution >= 0.6 is 0 Å². The van der Waals surface area contributed by atoms with Crippen LogP contribution in [0.5, 0.6) is 11.5 Å². The first kappa shape index (κ1) is 26.0. The third-order valence-electron chi connectivity index (χ3n) is 5.34. The normalized spacial score (nSPS) is 13.0. The number of rotatable bonds is 17. The van der Waals surface area contributed by atoms with Crippen molar-refractivity contribution >= 4 is 0 Å².